The molecule has 7 N–H and O–H groups in total. The molecule has 9 nitrogen and oxygen atoms in total. The normalized spacial score (nSPS) is 11.8. The van der Waals surface area contributed by atoms with Gasteiger partial charge in [0.2, 0.25) is 0 Å². The van der Waals surface area contributed by atoms with Crippen molar-refractivity contribution in [2.45, 2.75) is 19.3 Å². The maximum absolute atomic E-state index is 13.6. The van der Waals surface area contributed by atoms with Crippen molar-refractivity contribution in [1.29, 1.82) is 0 Å². The highest BCUT2D eigenvalue weighted by Gasteiger charge is 2.32. The van der Waals surface area contributed by atoms with Crippen molar-refractivity contribution in [1.82, 2.24) is 15.3 Å². The van der Waals surface area contributed by atoms with Crippen LogP contribution in [0.4, 0.5) is 29.2 Å². The van der Waals surface area contributed by atoms with Gasteiger partial charge >= 0.3 is 6.18 Å². The van der Waals surface area contributed by atoms with E-state index >= 15 is 0 Å². The second kappa shape index (κ2) is 11.9. The third-order valence-corrected chi connectivity index (χ3v) is 6.11. The van der Waals surface area contributed by atoms with Gasteiger partial charge in [-0.1, -0.05) is 30.3 Å². The van der Waals surface area contributed by atoms with E-state index in [2.05, 4.69) is 25.6 Å². The third-order valence-electron chi connectivity index (χ3n) is 6.11. The number of halogens is 4. The number of nitrogen functional groups attached to an aromatic ring is 1. The fourth-order valence-corrected chi connectivity index (χ4v) is 3.83. The zero-order valence-electron chi connectivity index (χ0n) is 21.6. The van der Waals surface area contributed by atoms with Crippen LogP contribution < -0.4 is 22.1 Å². The maximum atomic E-state index is 13.6. The molecule has 4 aromatic rings. The second-order valence-electron chi connectivity index (χ2n) is 8.90. The molecule has 41 heavy (non-hydrogen) atoms. The SMILES string of the molecule is CN=C(N)c1cc(-c2ccc(CNc3ncc(C(F)(F)F)cc3C(=O)NCc3ccc(O)c(F)c3)cc2)cnc1N. The molecule has 0 spiro atoms. The van der Waals surface area contributed by atoms with E-state index in [0.717, 1.165) is 28.8 Å². The number of anilines is 2. The summed E-state index contributed by atoms with van der Waals surface area (Å²) in [6, 6.07) is 13.2. The van der Waals surface area contributed by atoms with Gasteiger partial charge in [0.1, 0.15) is 17.5 Å². The summed E-state index contributed by atoms with van der Waals surface area (Å²) in [7, 11) is 1.54. The highest BCUT2D eigenvalue weighted by atomic mass is 19.4. The highest BCUT2D eigenvalue weighted by Crippen LogP contribution is 2.31. The van der Waals surface area contributed by atoms with Gasteiger partial charge in [0.05, 0.1) is 16.7 Å². The molecular weight excluding hydrogens is 542 g/mol. The zero-order valence-corrected chi connectivity index (χ0v) is 21.6. The summed E-state index contributed by atoms with van der Waals surface area (Å²) in [4.78, 5) is 24.8. The van der Waals surface area contributed by atoms with Crippen molar-refractivity contribution in [2.24, 2.45) is 10.7 Å². The van der Waals surface area contributed by atoms with E-state index in [1.807, 2.05) is 12.1 Å². The first kappa shape index (κ1) is 28.8. The van der Waals surface area contributed by atoms with Gasteiger partial charge in [-0.25, -0.2) is 14.4 Å². The Hall–Kier alpha value is -5.20. The Morgan fingerprint density at radius 3 is 2.32 bits per heavy atom. The Kier molecular flexibility index (Phi) is 8.36. The Labute approximate surface area is 232 Å². The number of nitrogens with one attached hydrogen (secondary N) is 2. The minimum Gasteiger partial charge on any atom is -0.505 e. The number of carbonyl (C=O) groups excluding carboxylic acids is 1. The van der Waals surface area contributed by atoms with Crippen LogP contribution in [-0.4, -0.2) is 33.9 Å². The van der Waals surface area contributed by atoms with Crippen molar-refractivity contribution >= 4 is 23.4 Å². The van der Waals surface area contributed by atoms with E-state index in [9.17, 15) is 27.5 Å². The van der Waals surface area contributed by atoms with Gasteiger partial charge in [-0.3, -0.25) is 9.79 Å². The summed E-state index contributed by atoms with van der Waals surface area (Å²) < 4.78 is 53.7. The minimum absolute atomic E-state index is 0.0711. The number of nitrogens with zero attached hydrogens (tertiary/aromatic N) is 3. The Morgan fingerprint density at radius 1 is 0.951 bits per heavy atom. The number of rotatable bonds is 8. The van der Waals surface area contributed by atoms with Crippen molar-refractivity contribution < 1.29 is 27.5 Å². The van der Waals surface area contributed by atoms with Crippen LogP contribution in [0.25, 0.3) is 11.1 Å². The van der Waals surface area contributed by atoms with Gasteiger partial charge in [0.15, 0.2) is 11.6 Å². The van der Waals surface area contributed by atoms with Crippen molar-refractivity contribution in [3.05, 3.63) is 101 Å². The third kappa shape index (κ3) is 6.87. The lowest BCUT2D eigenvalue weighted by molar-refractivity contribution is -0.137. The predicted molar refractivity (Wildman–Crippen MR) is 147 cm³/mol. The van der Waals surface area contributed by atoms with Gasteiger partial charge < -0.3 is 27.2 Å². The van der Waals surface area contributed by atoms with Crippen LogP contribution in [0.1, 0.15) is 32.6 Å². The van der Waals surface area contributed by atoms with Gasteiger partial charge in [-0.15, -0.1) is 0 Å². The summed E-state index contributed by atoms with van der Waals surface area (Å²) >= 11 is 0. The van der Waals surface area contributed by atoms with Gasteiger partial charge in [-0.2, -0.15) is 13.2 Å². The topological polar surface area (TPSA) is 152 Å². The number of nitrogens with two attached hydrogens (primary N) is 2. The van der Waals surface area contributed by atoms with Crippen LogP contribution in [0.3, 0.4) is 0 Å². The largest absolute Gasteiger partial charge is 0.505 e. The summed E-state index contributed by atoms with van der Waals surface area (Å²) in [5.74, 6) is -1.88. The van der Waals surface area contributed by atoms with E-state index in [1.54, 1.807) is 31.4 Å². The van der Waals surface area contributed by atoms with Crippen molar-refractivity contribution in [3.63, 3.8) is 0 Å². The van der Waals surface area contributed by atoms with E-state index in [0.29, 0.717) is 23.4 Å². The Bertz CT molecular complexity index is 1610. The Morgan fingerprint density at radius 2 is 1.66 bits per heavy atom. The van der Waals surface area contributed by atoms with Gasteiger partial charge in [0, 0.05) is 38.1 Å². The van der Waals surface area contributed by atoms with E-state index in [-0.39, 0.29) is 36.1 Å². The number of pyridine rings is 2. The first-order valence-electron chi connectivity index (χ1n) is 12.1. The number of aliphatic imine (C=N–C) groups is 1. The van der Waals surface area contributed by atoms with Crippen LogP contribution in [0, 0.1) is 5.82 Å². The monoisotopic (exact) mass is 567 g/mol. The first-order chi connectivity index (χ1) is 19.5. The number of hydrogen-bond acceptors (Lipinski definition) is 7. The van der Waals surface area contributed by atoms with Crippen LogP contribution in [0.15, 0.2) is 72.0 Å². The molecule has 0 saturated carbocycles. The standard InChI is InChI=1S/C28H25F4N7O2/c1-35-24(33)20-9-18(13-36-25(20)34)17-5-2-15(3-6-17)11-37-26-21(10-19(14-38-26)28(30,31)32)27(41)39-12-16-4-7-23(40)22(29)8-16/h2-10,13-14,40H,11-12H2,1H3,(H2,33,35)(H2,34,36)(H,37,38)(H,39,41). The highest BCUT2D eigenvalue weighted by molar-refractivity contribution is 6.02. The molecule has 0 aliphatic rings. The van der Waals surface area contributed by atoms with Crippen LogP contribution in [0.5, 0.6) is 5.75 Å². The van der Waals surface area contributed by atoms with Gasteiger partial charge in [0.25, 0.3) is 5.91 Å². The number of amidine groups is 1. The lowest BCUT2D eigenvalue weighted by Gasteiger charge is -2.15. The number of alkyl halides is 3. The fraction of sp³-hybridized carbons (Fsp3) is 0.143. The molecule has 4 rings (SSSR count). The molecule has 0 fully saturated rings. The molecule has 0 aliphatic heterocycles. The minimum atomic E-state index is -4.72. The molecule has 0 saturated heterocycles. The molecule has 0 aliphatic carbocycles. The molecule has 0 atom stereocenters. The van der Waals surface area contributed by atoms with Crippen LogP contribution in [-0.2, 0) is 19.3 Å². The average Bonchev–Trinajstić information content (AvgIpc) is 2.96. The molecular formula is C28H25F4N7O2. The number of amides is 1. The molecule has 212 valence electrons. The number of aromatic nitrogens is 2. The molecule has 0 unspecified atom stereocenters. The summed E-state index contributed by atoms with van der Waals surface area (Å²) in [6.45, 7) is -0.0482. The molecule has 0 bridgehead atoms. The lowest BCUT2D eigenvalue weighted by Crippen LogP contribution is -2.25. The number of aromatic hydroxyl groups is 1. The van der Waals surface area contributed by atoms with Crippen molar-refractivity contribution in [3.8, 4) is 16.9 Å². The quantitative estimate of drug-likeness (QED) is 0.120. The number of phenols is 1. The number of hydrogen-bond donors (Lipinski definition) is 5. The lowest BCUT2D eigenvalue weighted by atomic mass is 10.0. The zero-order chi connectivity index (χ0) is 29.7. The van der Waals surface area contributed by atoms with Crippen molar-refractivity contribution in [2.75, 3.05) is 18.1 Å². The van der Waals surface area contributed by atoms with E-state index in [4.69, 9.17) is 11.5 Å². The predicted octanol–water partition coefficient (Wildman–Crippen LogP) is 4.47. The summed E-state index contributed by atoms with van der Waals surface area (Å²) in [5, 5.41) is 14.7. The van der Waals surface area contributed by atoms with Gasteiger partial charge in [-0.05, 0) is 41.0 Å². The fourth-order valence-electron chi connectivity index (χ4n) is 3.83. The average molecular weight is 568 g/mol. The van der Waals surface area contributed by atoms with Crippen LogP contribution in [0.2, 0.25) is 0 Å². The van der Waals surface area contributed by atoms with E-state index in [1.165, 1.54) is 6.07 Å². The summed E-state index contributed by atoms with van der Waals surface area (Å²) in [6.07, 6.45) is -2.49. The molecule has 13 heteroatoms. The second-order valence-corrected chi connectivity index (χ2v) is 8.90. The molecule has 0 radical (unpaired) electrons. The smallest absolute Gasteiger partial charge is 0.417 e. The molecule has 2 aromatic carbocycles. The molecule has 2 aromatic heterocycles. The number of phenolic OH excluding ortho intramolecular Hbond substituents is 1. The summed E-state index contributed by atoms with van der Waals surface area (Å²) in [5.41, 5.74) is 13.5. The maximum Gasteiger partial charge on any atom is 0.417 e. The van der Waals surface area contributed by atoms with Crippen LogP contribution >= 0.6 is 0 Å². The first-order valence-corrected chi connectivity index (χ1v) is 12.1. The molecule has 1 amide bonds. The number of benzene rings is 2. The van der Waals surface area contributed by atoms with E-state index < -0.39 is 29.2 Å². The Balaban J connectivity index is 1.51. The number of carbonyl (C=O) groups is 1. The molecule has 2 heterocycles.